The van der Waals surface area contributed by atoms with Crippen LogP contribution < -0.4 is 0 Å². The first kappa shape index (κ1) is 21.3. The molecule has 1 fully saturated rings. The molecule has 2 aromatic rings. The molecule has 162 valence electrons. The van der Waals surface area contributed by atoms with Gasteiger partial charge in [0.1, 0.15) is 0 Å². The maximum Gasteiger partial charge on any atom is -0.00950 e. The molecule has 0 aliphatic heterocycles. The molecule has 0 heteroatoms. The van der Waals surface area contributed by atoms with E-state index >= 15 is 0 Å². The van der Waals surface area contributed by atoms with Crippen molar-refractivity contribution in [3.8, 4) is 0 Å². The van der Waals surface area contributed by atoms with Crippen LogP contribution in [0.15, 0.2) is 60.7 Å². The molecule has 0 amide bonds. The fraction of sp³-hybridized carbons (Fsp3) is 0.344. The Morgan fingerprint density at radius 2 is 0.875 bits per heavy atom. The second-order valence-corrected chi connectivity index (χ2v) is 10.4. The summed E-state index contributed by atoms with van der Waals surface area (Å²) in [6, 6.07) is 9.17. The molecule has 0 heterocycles. The van der Waals surface area contributed by atoms with Crippen molar-refractivity contribution in [2.45, 2.75) is 41.5 Å². The van der Waals surface area contributed by atoms with E-state index in [1.54, 1.807) is 0 Å². The van der Waals surface area contributed by atoms with Crippen molar-refractivity contribution in [3.05, 3.63) is 112 Å². The van der Waals surface area contributed by atoms with Crippen LogP contribution in [0.4, 0.5) is 0 Å². The highest BCUT2D eigenvalue weighted by Crippen LogP contribution is 2.53. The van der Waals surface area contributed by atoms with Gasteiger partial charge in [-0.1, -0.05) is 71.8 Å². The van der Waals surface area contributed by atoms with Crippen LogP contribution in [-0.2, 0) is 0 Å². The minimum atomic E-state index is 0.141. The Balaban J connectivity index is 1.51. The Morgan fingerprint density at radius 1 is 0.531 bits per heavy atom. The molecule has 32 heavy (non-hydrogen) atoms. The average Bonchev–Trinajstić information content (AvgIpc) is 2.98. The fourth-order valence-corrected chi connectivity index (χ4v) is 6.80. The van der Waals surface area contributed by atoms with Crippen molar-refractivity contribution >= 4 is 11.1 Å². The lowest BCUT2D eigenvalue weighted by Crippen LogP contribution is -2.16. The molecule has 4 unspecified atom stereocenters. The minimum Gasteiger partial charge on any atom is -0.0796 e. The summed E-state index contributed by atoms with van der Waals surface area (Å²) in [5.41, 5.74) is 13.5. The van der Waals surface area contributed by atoms with Gasteiger partial charge in [0, 0.05) is 0 Å². The summed E-state index contributed by atoms with van der Waals surface area (Å²) in [6.45, 7) is 20.2. The molecule has 2 radical (unpaired) electrons. The summed E-state index contributed by atoms with van der Waals surface area (Å²) in [7, 11) is 0. The zero-order chi connectivity index (χ0) is 22.7. The molecule has 4 atom stereocenters. The quantitative estimate of drug-likeness (QED) is 0.464. The third-order valence-corrected chi connectivity index (χ3v) is 7.89. The summed E-state index contributed by atoms with van der Waals surface area (Å²) in [5, 5.41) is 0. The molecular weight excluding hydrogens is 384 g/mol. The van der Waals surface area contributed by atoms with Gasteiger partial charge in [-0.3, -0.25) is 0 Å². The molecule has 0 N–H and O–H groups in total. The topological polar surface area (TPSA) is 0 Å². The number of rotatable bonds is 2. The number of fused-ring (bicyclic) bond motifs is 3. The van der Waals surface area contributed by atoms with E-state index in [1.807, 2.05) is 0 Å². The zero-order valence-corrected chi connectivity index (χ0v) is 20.2. The maximum atomic E-state index is 6.97. The van der Waals surface area contributed by atoms with Crippen molar-refractivity contribution in [1.82, 2.24) is 0 Å². The molecule has 0 spiro atoms. The Morgan fingerprint density at radius 3 is 1.22 bits per heavy atom. The van der Waals surface area contributed by atoms with Crippen LogP contribution in [0.5, 0.6) is 0 Å². The highest BCUT2D eigenvalue weighted by molar-refractivity contribution is 5.81. The van der Waals surface area contributed by atoms with Gasteiger partial charge >= 0.3 is 0 Å². The first-order chi connectivity index (χ1) is 15.2. The van der Waals surface area contributed by atoms with Crippen molar-refractivity contribution < 1.29 is 0 Å². The largest absolute Gasteiger partial charge is 0.0796 e. The van der Waals surface area contributed by atoms with Gasteiger partial charge in [0.2, 0.25) is 0 Å². The summed E-state index contributed by atoms with van der Waals surface area (Å²) < 4.78 is 0. The van der Waals surface area contributed by atoms with Gasteiger partial charge in [0.15, 0.2) is 0 Å². The van der Waals surface area contributed by atoms with Crippen molar-refractivity contribution in [2.24, 2.45) is 29.6 Å². The van der Waals surface area contributed by atoms with E-state index in [0.29, 0.717) is 23.7 Å². The maximum absolute atomic E-state index is 6.97. The second kappa shape index (κ2) is 7.77. The van der Waals surface area contributed by atoms with Crippen LogP contribution in [0, 0.1) is 78.1 Å². The van der Waals surface area contributed by atoms with E-state index in [4.69, 9.17) is 6.92 Å². The number of hydrogen-bond donors (Lipinski definition) is 0. The Bertz CT molecular complexity index is 1070. The number of benzene rings is 2. The molecule has 0 nitrogen and oxygen atoms in total. The molecule has 2 aromatic carbocycles. The van der Waals surface area contributed by atoms with Crippen LogP contribution in [0.2, 0.25) is 0 Å². The molecule has 5 rings (SSSR count). The van der Waals surface area contributed by atoms with Gasteiger partial charge in [-0.25, -0.2) is 0 Å². The summed E-state index contributed by atoms with van der Waals surface area (Å²) in [4.78, 5) is 0. The van der Waals surface area contributed by atoms with Crippen LogP contribution in [0.1, 0.15) is 44.5 Å². The first-order valence-corrected chi connectivity index (χ1v) is 12.0. The molecule has 0 saturated heterocycles. The van der Waals surface area contributed by atoms with Crippen LogP contribution in [-0.4, -0.2) is 0 Å². The predicted molar refractivity (Wildman–Crippen MR) is 137 cm³/mol. The van der Waals surface area contributed by atoms with Gasteiger partial charge in [0.25, 0.3) is 0 Å². The van der Waals surface area contributed by atoms with Crippen LogP contribution in [0.3, 0.4) is 0 Å². The number of hydrogen-bond acceptors (Lipinski definition) is 0. The Hall–Kier alpha value is -2.60. The van der Waals surface area contributed by atoms with E-state index in [1.165, 1.54) is 55.7 Å². The fourth-order valence-electron chi connectivity index (χ4n) is 6.80. The SMILES string of the molecule is [CH]C1C2C=C(c3c(C)cc(C)cc3C)C=CC2C2C=CC(c3c(C)cc(C)cc3C)=CC12. The van der Waals surface area contributed by atoms with E-state index in [2.05, 4.69) is 102 Å². The smallest absolute Gasteiger partial charge is 0.00950 e. The van der Waals surface area contributed by atoms with Gasteiger partial charge in [-0.2, -0.15) is 0 Å². The van der Waals surface area contributed by atoms with E-state index in [0.717, 1.165) is 0 Å². The standard InChI is InChI=1S/C32H34/c1-18-12-20(3)31(21(4)13-18)25-8-10-27-28-11-9-26(17-30(28)24(7)29(27)16-25)32-22(5)14-19(2)15-23(32)6/h7-17,24,27-30H,1-6H3. The van der Waals surface area contributed by atoms with Crippen molar-refractivity contribution in [3.63, 3.8) is 0 Å². The monoisotopic (exact) mass is 418 g/mol. The van der Waals surface area contributed by atoms with Crippen molar-refractivity contribution in [2.75, 3.05) is 0 Å². The lowest BCUT2D eigenvalue weighted by Gasteiger charge is -2.26. The van der Waals surface area contributed by atoms with Crippen LogP contribution in [0.25, 0.3) is 11.1 Å². The first-order valence-electron chi connectivity index (χ1n) is 12.0. The normalized spacial score (nSPS) is 28.3. The number of allylic oxidation sites excluding steroid dienone is 8. The van der Waals surface area contributed by atoms with Gasteiger partial charge < -0.3 is 0 Å². The minimum absolute atomic E-state index is 0.141. The van der Waals surface area contributed by atoms with Gasteiger partial charge in [0.05, 0.1) is 0 Å². The summed E-state index contributed by atoms with van der Waals surface area (Å²) >= 11 is 0. The summed E-state index contributed by atoms with van der Waals surface area (Å²) in [6.07, 6.45) is 14.5. The average molecular weight is 419 g/mol. The molecular formula is C32H34. The second-order valence-electron chi connectivity index (χ2n) is 10.4. The highest BCUT2D eigenvalue weighted by Gasteiger charge is 2.46. The lowest BCUT2D eigenvalue weighted by molar-refractivity contribution is 0.462. The number of aryl methyl sites for hydroxylation is 6. The van der Waals surface area contributed by atoms with Gasteiger partial charge in [-0.15, -0.1) is 0 Å². The van der Waals surface area contributed by atoms with E-state index in [-0.39, 0.29) is 5.92 Å². The van der Waals surface area contributed by atoms with E-state index < -0.39 is 0 Å². The third kappa shape index (κ3) is 3.36. The molecule has 0 aromatic heterocycles. The third-order valence-electron chi connectivity index (χ3n) is 7.89. The van der Waals surface area contributed by atoms with Crippen molar-refractivity contribution in [1.29, 1.82) is 0 Å². The van der Waals surface area contributed by atoms with Gasteiger partial charge in [-0.05, 0) is 123 Å². The molecule has 3 aliphatic carbocycles. The lowest BCUT2D eigenvalue weighted by atomic mass is 9.78. The van der Waals surface area contributed by atoms with E-state index in [9.17, 15) is 0 Å². The summed E-state index contributed by atoms with van der Waals surface area (Å²) in [5.74, 6) is 1.87. The Kier molecular flexibility index (Phi) is 5.16. The molecule has 1 saturated carbocycles. The van der Waals surface area contributed by atoms with Crippen LogP contribution >= 0.6 is 0 Å². The predicted octanol–water partition coefficient (Wildman–Crippen LogP) is 7.95. The zero-order valence-electron chi connectivity index (χ0n) is 20.2. The molecule has 0 bridgehead atoms. The molecule has 3 aliphatic rings. The highest BCUT2D eigenvalue weighted by atomic mass is 14.5. The Labute approximate surface area is 194 Å².